The molecule has 0 fully saturated rings. The number of oxazole rings is 1. The van der Waals surface area contributed by atoms with E-state index in [-0.39, 0.29) is 11.9 Å². The predicted molar refractivity (Wildman–Crippen MR) is 115 cm³/mol. The predicted octanol–water partition coefficient (Wildman–Crippen LogP) is 5.13. The van der Waals surface area contributed by atoms with Crippen LogP contribution in [0.3, 0.4) is 0 Å². The van der Waals surface area contributed by atoms with Crippen molar-refractivity contribution < 1.29 is 14.3 Å². The van der Waals surface area contributed by atoms with Crippen molar-refractivity contribution in [2.45, 2.75) is 58.1 Å². The highest BCUT2D eigenvalue weighted by Gasteiger charge is 2.16. The number of hydrogen-bond acceptors (Lipinski definition) is 4. The summed E-state index contributed by atoms with van der Waals surface area (Å²) in [6, 6.07) is 12.9. The molecule has 0 radical (unpaired) electrons. The van der Waals surface area contributed by atoms with Crippen molar-refractivity contribution in [3.05, 3.63) is 64.5 Å². The van der Waals surface area contributed by atoms with Gasteiger partial charge in [0.2, 0.25) is 0 Å². The van der Waals surface area contributed by atoms with E-state index in [0.717, 1.165) is 23.9 Å². The summed E-state index contributed by atoms with van der Waals surface area (Å²) in [7, 11) is 0. The first-order valence-corrected chi connectivity index (χ1v) is 10.2. The molecule has 29 heavy (non-hydrogen) atoms. The summed E-state index contributed by atoms with van der Waals surface area (Å²) < 4.78 is 5.85. The molecule has 5 nitrogen and oxygen atoms in total. The lowest BCUT2D eigenvalue weighted by atomic mass is 9.99. The summed E-state index contributed by atoms with van der Waals surface area (Å²) >= 11 is 6.03. The van der Waals surface area contributed by atoms with Gasteiger partial charge in [0.25, 0.3) is 5.91 Å². The molecular weight excluding hydrogens is 388 g/mol. The number of rotatable bonds is 8. The molecule has 1 unspecified atom stereocenters. The highest BCUT2D eigenvalue weighted by Crippen LogP contribution is 2.21. The van der Waals surface area contributed by atoms with Crippen LogP contribution in [-0.4, -0.2) is 27.6 Å². The topological polar surface area (TPSA) is 75.4 Å². The second kappa shape index (κ2) is 8.97. The summed E-state index contributed by atoms with van der Waals surface area (Å²) in [5, 5.41) is 13.5. The number of carbonyl (C=O) groups is 1. The van der Waals surface area contributed by atoms with Crippen LogP contribution in [0.4, 0.5) is 0 Å². The van der Waals surface area contributed by atoms with Gasteiger partial charge in [-0.2, -0.15) is 0 Å². The van der Waals surface area contributed by atoms with E-state index in [9.17, 15) is 9.90 Å². The zero-order chi connectivity index (χ0) is 21.0. The monoisotopic (exact) mass is 414 g/mol. The number of benzene rings is 2. The molecule has 0 saturated carbocycles. The smallest absolute Gasteiger partial charge is 0.251 e. The molecule has 3 aromatic rings. The van der Waals surface area contributed by atoms with Gasteiger partial charge in [0.1, 0.15) is 5.52 Å². The van der Waals surface area contributed by atoms with Crippen molar-refractivity contribution in [2.24, 2.45) is 0 Å². The number of aromatic nitrogens is 1. The van der Waals surface area contributed by atoms with Crippen molar-refractivity contribution in [2.75, 3.05) is 0 Å². The van der Waals surface area contributed by atoms with Gasteiger partial charge in [-0.1, -0.05) is 23.7 Å². The molecule has 0 bridgehead atoms. The van der Waals surface area contributed by atoms with E-state index in [1.165, 1.54) is 0 Å². The lowest BCUT2D eigenvalue weighted by Gasteiger charge is -2.19. The number of amides is 1. The molecule has 1 atom stereocenters. The average molecular weight is 415 g/mol. The summed E-state index contributed by atoms with van der Waals surface area (Å²) in [5.41, 5.74) is 2.18. The number of carbonyl (C=O) groups excluding carboxylic acids is 1. The number of halogens is 1. The Balaban J connectivity index is 1.63. The molecule has 1 heterocycles. The van der Waals surface area contributed by atoms with E-state index in [0.29, 0.717) is 34.9 Å². The van der Waals surface area contributed by atoms with E-state index < -0.39 is 5.60 Å². The standard InChI is InChI=1S/C23H27ClN2O3/c1-15(6-5-11-23(2,3)28)25-22(27)17-9-10-19-20(14-17)29-21(26-19)13-16-7-4-8-18(24)12-16/h4,7-10,12,14-15,28H,5-6,11,13H2,1-3H3,(H,25,27). The normalized spacial score (nSPS) is 12.9. The third kappa shape index (κ3) is 6.31. The number of aliphatic hydroxyl groups is 1. The zero-order valence-electron chi connectivity index (χ0n) is 17.0. The number of nitrogens with one attached hydrogen (secondary N) is 1. The van der Waals surface area contributed by atoms with E-state index >= 15 is 0 Å². The Labute approximate surface area is 176 Å². The summed E-state index contributed by atoms with van der Waals surface area (Å²) in [6.07, 6.45) is 2.89. The maximum Gasteiger partial charge on any atom is 0.251 e. The lowest BCUT2D eigenvalue weighted by Crippen LogP contribution is -2.33. The van der Waals surface area contributed by atoms with Crippen LogP contribution in [0.5, 0.6) is 0 Å². The summed E-state index contributed by atoms with van der Waals surface area (Å²) in [5.74, 6) is 0.440. The molecule has 2 aromatic carbocycles. The third-order valence-electron chi connectivity index (χ3n) is 4.74. The molecule has 0 aliphatic carbocycles. The SMILES string of the molecule is CC(CCCC(C)(C)O)NC(=O)c1ccc2nc(Cc3cccc(Cl)c3)oc2c1. The molecule has 1 aromatic heterocycles. The van der Waals surface area contributed by atoms with E-state index in [4.69, 9.17) is 16.0 Å². The fourth-order valence-electron chi connectivity index (χ4n) is 3.23. The van der Waals surface area contributed by atoms with Gasteiger partial charge < -0.3 is 14.8 Å². The van der Waals surface area contributed by atoms with E-state index in [1.807, 2.05) is 31.2 Å². The van der Waals surface area contributed by atoms with E-state index in [2.05, 4.69) is 10.3 Å². The fourth-order valence-corrected chi connectivity index (χ4v) is 3.44. The molecule has 0 spiro atoms. The average Bonchev–Trinajstić information content (AvgIpc) is 3.01. The highest BCUT2D eigenvalue weighted by molar-refractivity contribution is 6.30. The third-order valence-corrected chi connectivity index (χ3v) is 4.98. The van der Waals surface area contributed by atoms with Gasteiger partial charge >= 0.3 is 0 Å². The highest BCUT2D eigenvalue weighted by atomic mass is 35.5. The molecular formula is C23H27ClN2O3. The minimum absolute atomic E-state index is 0.0219. The van der Waals surface area contributed by atoms with Crippen LogP contribution in [0.2, 0.25) is 5.02 Å². The first-order chi connectivity index (χ1) is 13.7. The number of hydrogen-bond donors (Lipinski definition) is 2. The second-order valence-electron chi connectivity index (χ2n) is 8.18. The molecule has 0 saturated heterocycles. The van der Waals surface area contributed by atoms with Crippen molar-refractivity contribution in [1.82, 2.24) is 10.3 Å². The van der Waals surface area contributed by atoms with Crippen molar-refractivity contribution in [3.63, 3.8) is 0 Å². The van der Waals surface area contributed by atoms with Gasteiger partial charge in [-0.05, 0) is 75.9 Å². The molecule has 2 N–H and O–H groups in total. The van der Waals surface area contributed by atoms with Gasteiger partial charge in [-0.25, -0.2) is 4.98 Å². The van der Waals surface area contributed by atoms with Crippen LogP contribution < -0.4 is 5.32 Å². The Kier molecular flexibility index (Phi) is 6.60. The minimum Gasteiger partial charge on any atom is -0.440 e. The first kappa shape index (κ1) is 21.3. The fraction of sp³-hybridized carbons (Fsp3) is 0.391. The van der Waals surface area contributed by atoms with Crippen LogP contribution in [0, 0.1) is 0 Å². The Bertz CT molecular complexity index is 991. The number of nitrogens with zero attached hydrogens (tertiary/aromatic N) is 1. The Morgan fingerprint density at radius 2 is 2.07 bits per heavy atom. The lowest BCUT2D eigenvalue weighted by molar-refractivity contribution is 0.0674. The molecule has 3 rings (SSSR count). The Morgan fingerprint density at radius 3 is 2.79 bits per heavy atom. The maximum atomic E-state index is 12.6. The maximum absolute atomic E-state index is 12.6. The van der Waals surface area contributed by atoms with Gasteiger partial charge in [0, 0.05) is 23.0 Å². The van der Waals surface area contributed by atoms with Gasteiger partial charge in [-0.3, -0.25) is 4.79 Å². The quantitative estimate of drug-likeness (QED) is 0.535. The van der Waals surface area contributed by atoms with Crippen LogP contribution in [0.15, 0.2) is 46.9 Å². The van der Waals surface area contributed by atoms with Crippen LogP contribution in [-0.2, 0) is 6.42 Å². The largest absolute Gasteiger partial charge is 0.440 e. The molecule has 1 amide bonds. The van der Waals surface area contributed by atoms with E-state index in [1.54, 1.807) is 32.0 Å². The molecule has 6 heteroatoms. The molecule has 0 aliphatic heterocycles. The van der Waals surface area contributed by atoms with Crippen LogP contribution in [0.1, 0.15) is 61.8 Å². The van der Waals surface area contributed by atoms with Crippen molar-refractivity contribution >= 4 is 28.6 Å². The van der Waals surface area contributed by atoms with Crippen LogP contribution >= 0.6 is 11.6 Å². The van der Waals surface area contributed by atoms with Gasteiger partial charge in [-0.15, -0.1) is 0 Å². The van der Waals surface area contributed by atoms with Crippen LogP contribution in [0.25, 0.3) is 11.1 Å². The zero-order valence-corrected chi connectivity index (χ0v) is 17.8. The second-order valence-corrected chi connectivity index (χ2v) is 8.61. The number of fused-ring (bicyclic) bond motifs is 1. The first-order valence-electron chi connectivity index (χ1n) is 9.87. The Morgan fingerprint density at radius 1 is 1.28 bits per heavy atom. The Hall–Kier alpha value is -2.37. The molecule has 0 aliphatic rings. The van der Waals surface area contributed by atoms with Crippen molar-refractivity contribution in [3.8, 4) is 0 Å². The summed E-state index contributed by atoms with van der Waals surface area (Å²) in [4.78, 5) is 17.1. The van der Waals surface area contributed by atoms with Gasteiger partial charge in [0.15, 0.2) is 11.5 Å². The van der Waals surface area contributed by atoms with Gasteiger partial charge in [0.05, 0.1) is 5.60 Å². The minimum atomic E-state index is -0.677. The van der Waals surface area contributed by atoms with Crippen molar-refractivity contribution in [1.29, 1.82) is 0 Å². The summed E-state index contributed by atoms with van der Waals surface area (Å²) in [6.45, 7) is 5.56. The molecule has 154 valence electrons.